The second-order valence-electron chi connectivity index (χ2n) is 3.62. The summed E-state index contributed by atoms with van der Waals surface area (Å²) < 4.78 is 7.45. The minimum Gasteiger partial charge on any atom is -0.472 e. The number of carbonyl (C=O) groups excluding carboxylic acids is 1. The van der Waals surface area contributed by atoms with Crippen LogP contribution in [-0.4, -0.2) is 15.1 Å². The monoisotopic (exact) mass is 353 g/mol. The minimum absolute atomic E-state index is 0.105. The smallest absolute Gasteiger partial charge is 0.249 e. The molecule has 0 atom stereocenters. The second-order valence-corrected chi connectivity index (χ2v) is 4.89. The van der Waals surface area contributed by atoms with E-state index in [0.29, 0.717) is 15.9 Å². The fraction of sp³-hybridized carbons (Fsp3) is 0.0909. The van der Waals surface area contributed by atoms with Gasteiger partial charge in [0.1, 0.15) is 6.61 Å². The minimum atomic E-state index is -0.660. The highest BCUT2D eigenvalue weighted by atomic mass is 79.9. The van der Waals surface area contributed by atoms with Crippen molar-refractivity contribution in [3.05, 3.63) is 56.5 Å². The topological polar surface area (TPSA) is 92.9 Å². The molecule has 7 nitrogen and oxygen atoms in total. The van der Waals surface area contributed by atoms with Crippen LogP contribution < -0.4 is 4.74 Å². The van der Waals surface area contributed by atoms with Gasteiger partial charge in [0.25, 0.3) is 0 Å². The number of amides is 1. The number of hydrogen-bond donors (Lipinski definition) is 1. The highest BCUT2D eigenvalue weighted by molar-refractivity contribution is 9.10. The van der Waals surface area contributed by atoms with Gasteiger partial charge in [-0.05, 0) is 29.5 Å². The van der Waals surface area contributed by atoms with E-state index in [1.54, 1.807) is 30.5 Å². The Kier molecular flexibility index (Phi) is 4.67. The number of hydrogen-bond acceptors (Lipinski definition) is 4. The lowest BCUT2D eigenvalue weighted by Gasteiger charge is -2.09. The van der Waals surface area contributed by atoms with Crippen molar-refractivity contribution in [1.29, 1.82) is 0 Å². The molecule has 0 bridgehead atoms. The zero-order valence-corrected chi connectivity index (χ0v) is 12.5. The molecule has 0 aliphatic heterocycles. The fourth-order valence-electron chi connectivity index (χ4n) is 1.52. The van der Waals surface area contributed by atoms with Gasteiger partial charge in [-0.15, -0.1) is 5.10 Å². The number of azide groups is 1. The molecule has 1 amide bonds. The number of thiol groups is 1. The Morgan fingerprint density at radius 2 is 2.35 bits per heavy atom. The van der Waals surface area contributed by atoms with Crippen molar-refractivity contribution >= 4 is 34.7 Å². The van der Waals surface area contributed by atoms with Gasteiger partial charge in [0.2, 0.25) is 11.8 Å². The highest BCUT2D eigenvalue weighted by Crippen LogP contribution is 2.23. The van der Waals surface area contributed by atoms with Crippen LogP contribution in [0.15, 0.2) is 40.0 Å². The Morgan fingerprint density at radius 3 is 3.00 bits per heavy atom. The lowest BCUT2D eigenvalue weighted by molar-refractivity contribution is 0.0997. The lowest BCUT2D eigenvalue weighted by atomic mass is 10.1. The molecule has 102 valence electrons. The summed E-state index contributed by atoms with van der Waals surface area (Å²) in [6, 6.07) is 6.65. The standard InChI is InChI=1S/C11H8BrN5O2S/c12-9-3-1-2-7(11(18)14-16-13)8(9)6-19-10-4-5-17(20)15-10/h1-5,20H,6H2. The van der Waals surface area contributed by atoms with E-state index in [2.05, 4.69) is 43.9 Å². The third-order valence-corrected chi connectivity index (χ3v) is 3.37. The van der Waals surface area contributed by atoms with Crippen molar-refractivity contribution in [3.8, 4) is 5.88 Å². The molecule has 1 aromatic heterocycles. The molecule has 0 radical (unpaired) electrons. The average Bonchev–Trinajstić information content (AvgIpc) is 2.83. The van der Waals surface area contributed by atoms with Crippen LogP contribution >= 0.6 is 28.7 Å². The van der Waals surface area contributed by atoms with Crippen molar-refractivity contribution in [1.82, 2.24) is 9.19 Å². The van der Waals surface area contributed by atoms with Gasteiger partial charge in [-0.3, -0.25) is 4.79 Å². The maximum Gasteiger partial charge on any atom is 0.249 e. The van der Waals surface area contributed by atoms with Crippen molar-refractivity contribution in [3.63, 3.8) is 0 Å². The predicted molar refractivity (Wildman–Crippen MR) is 78.6 cm³/mol. The molecule has 0 aliphatic carbocycles. The van der Waals surface area contributed by atoms with E-state index < -0.39 is 5.91 Å². The van der Waals surface area contributed by atoms with E-state index in [9.17, 15) is 4.79 Å². The van der Waals surface area contributed by atoms with E-state index in [-0.39, 0.29) is 12.2 Å². The van der Waals surface area contributed by atoms with Gasteiger partial charge in [0.05, 0.1) is 0 Å². The van der Waals surface area contributed by atoms with Gasteiger partial charge in [0, 0.05) is 32.8 Å². The Balaban J connectivity index is 2.25. The molecule has 0 aliphatic rings. The Hall–Kier alpha value is -1.96. The van der Waals surface area contributed by atoms with Crippen molar-refractivity contribution in [2.24, 2.45) is 5.11 Å². The van der Waals surface area contributed by atoms with Crippen LogP contribution in [0.25, 0.3) is 10.4 Å². The molecule has 0 unspecified atom stereocenters. The van der Waals surface area contributed by atoms with Crippen LogP contribution in [0.5, 0.6) is 5.88 Å². The molecule has 1 aromatic carbocycles. The first-order valence-corrected chi connectivity index (χ1v) is 6.55. The normalized spacial score (nSPS) is 9.90. The van der Waals surface area contributed by atoms with Crippen LogP contribution in [0.2, 0.25) is 0 Å². The molecule has 0 saturated carbocycles. The Bertz CT molecular complexity index is 696. The summed E-state index contributed by atoms with van der Waals surface area (Å²) in [5.41, 5.74) is 9.20. The lowest BCUT2D eigenvalue weighted by Crippen LogP contribution is -2.05. The van der Waals surface area contributed by atoms with Crippen LogP contribution in [-0.2, 0) is 6.61 Å². The molecule has 0 spiro atoms. The first-order valence-electron chi connectivity index (χ1n) is 5.36. The zero-order chi connectivity index (χ0) is 14.5. The van der Waals surface area contributed by atoms with E-state index in [1.165, 1.54) is 4.09 Å². The molecule has 0 fully saturated rings. The molecule has 2 rings (SSSR count). The quantitative estimate of drug-likeness (QED) is 0.395. The summed E-state index contributed by atoms with van der Waals surface area (Å²) in [6.07, 6.45) is 1.62. The second kappa shape index (κ2) is 6.47. The summed E-state index contributed by atoms with van der Waals surface area (Å²) in [5, 5.41) is 7.03. The number of nitrogens with zero attached hydrogens (tertiary/aromatic N) is 5. The maximum atomic E-state index is 11.7. The number of benzene rings is 1. The van der Waals surface area contributed by atoms with E-state index in [0.717, 1.165) is 0 Å². The highest BCUT2D eigenvalue weighted by Gasteiger charge is 2.13. The number of rotatable bonds is 4. The molecule has 0 N–H and O–H groups in total. The summed E-state index contributed by atoms with van der Waals surface area (Å²) in [4.78, 5) is 14.2. The largest absolute Gasteiger partial charge is 0.472 e. The Labute approximate surface area is 127 Å². The van der Waals surface area contributed by atoms with E-state index >= 15 is 0 Å². The van der Waals surface area contributed by atoms with Gasteiger partial charge in [-0.25, -0.2) is 4.09 Å². The number of carbonyl (C=O) groups is 1. The molecule has 2 aromatic rings. The maximum absolute atomic E-state index is 11.7. The molecular formula is C11H8BrN5O2S. The molecular weight excluding hydrogens is 346 g/mol. The van der Waals surface area contributed by atoms with E-state index in [1.807, 2.05) is 0 Å². The first kappa shape index (κ1) is 14.4. The van der Waals surface area contributed by atoms with Crippen LogP contribution in [0.4, 0.5) is 0 Å². The summed E-state index contributed by atoms with van der Waals surface area (Å²) in [7, 11) is 0. The van der Waals surface area contributed by atoms with Gasteiger partial charge in [-0.2, -0.15) is 0 Å². The summed E-state index contributed by atoms with van der Waals surface area (Å²) >= 11 is 7.33. The summed E-state index contributed by atoms with van der Waals surface area (Å²) in [6.45, 7) is 0.105. The van der Waals surface area contributed by atoms with Crippen LogP contribution in [0.1, 0.15) is 15.9 Å². The number of aromatic nitrogens is 2. The van der Waals surface area contributed by atoms with Gasteiger partial charge >= 0.3 is 0 Å². The summed E-state index contributed by atoms with van der Waals surface area (Å²) in [5.74, 6) is -0.287. The van der Waals surface area contributed by atoms with Gasteiger partial charge in [0.15, 0.2) is 0 Å². The average molecular weight is 354 g/mol. The van der Waals surface area contributed by atoms with Crippen molar-refractivity contribution < 1.29 is 9.53 Å². The fourth-order valence-corrected chi connectivity index (χ4v) is 2.16. The zero-order valence-electron chi connectivity index (χ0n) is 9.97. The third kappa shape index (κ3) is 3.32. The SMILES string of the molecule is [N-]=[N+]=NC(=O)c1cccc(Br)c1COc1ccn(S)n1. The van der Waals surface area contributed by atoms with E-state index in [4.69, 9.17) is 10.3 Å². The molecule has 9 heteroatoms. The molecule has 20 heavy (non-hydrogen) atoms. The number of halogens is 1. The number of ether oxygens (including phenoxy) is 1. The van der Waals surface area contributed by atoms with Gasteiger partial charge < -0.3 is 4.74 Å². The van der Waals surface area contributed by atoms with Crippen molar-refractivity contribution in [2.45, 2.75) is 6.61 Å². The Morgan fingerprint density at radius 1 is 1.55 bits per heavy atom. The van der Waals surface area contributed by atoms with Crippen LogP contribution in [0.3, 0.4) is 0 Å². The van der Waals surface area contributed by atoms with Gasteiger partial charge in [-0.1, -0.05) is 28.1 Å². The first-order chi connectivity index (χ1) is 9.61. The van der Waals surface area contributed by atoms with Crippen molar-refractivity contribution in [2.75, 3.05) is 0 Å². The molecule has 0 saturated heterocycles. The molecule has 1 heterocycles. The van der Waals surface area contributed by atoms with Crippen LogP contribution in [0, 0.1) is 0 Å². The third-order valence-electron chi connectivity index (χ3n) is 2.40. The predicted octanol–water partition coefficient (Wildman–Crippen LogP) is 3.37.